The average molecular weight is 345 g/mol. The summed E-state index contributed by atoms with van der Waals surface area (Å²) in [5.74, 6) is 0. The van der Waals surface area contributed by atoms with Crippen molar-refractivity contribution in [3.05, 3.63) is 71.8 Å². The first kappa shape index (κ1) is 18.4. The molecule has 2 aromatic rings. The Morgan fingerprint density at radius 2 is 1.33 bits per heavy atom. The van der Waals surface area contributed by atoms with E-state index in [4.69, 9.17) is 13.6 Å². The van der Waals surface area contributed by atoms with Gasteiger partial charge in [0.2, 0.25) is 5.60 Å². The van der Waals surface area contributed by atoms with Gasteiger partial charge < -0.3 is 0 Å². The lowest BCUT2D eigenvalue weighted by Crippen LogP contribution is -2.29. The average Bonchev–Trinajstić information content (AvgIpc) is 2.62. The summed E-state index contributed by atoms with van der Waals surface area (Å²) in [6.07, 6.45) is 0. The smallest absolute Gasteiger partial charge is 0.287 e. The standard InChI is InChI=1S/C18H20NO4P/c1-3-21-24(20,22-4-2)23-18(15-19,16-11-7-5-8-12-16)17-13-9-6-10-14-17/h5-14H,3-4H2,1-2H3. The van der Waals surface area contributed by atoms with E-state index in [0.29, 0.717) is 11.1 Å². The molecular weight excluding hydrogens is 325 g/mol. The molecule has 0 bridgehead atoms. The third kappa shape index (κ3) is 3.92. The van der Waals surface area contributed by atoms with E-state index in [0.717, 1.165) is 0 Å². The highest BCUT2D eigenvalue weighted by Gasteiger charge is 2.44. The van der Waals surface area contributed by atoms with Gasteiger partial charge in [0, 0.05) is 11.1 Å². The highest BCUT2D eigenvalue weighted by atomic mass is 31.2. The molecular formula is C18H20NO4P. The molecule has 0 heterocycles. The van der Waals surface area contributed by atoms with Gasteiger partial charge in [-0.3, -0.25) is 13.6 Å². The Balaban J connectivity index is 2.59. The Morgan fingerprint density at radius 1 is 0.917 bits per heavy atom. The third-order valence-electron chi connectivity index (χ3n) is 3.34. The molecule has 0 aliphatic heterocycles. The lowest BCUT2D eigenvalue weighted by atomic mass is 9.88. The summed E-state index contributed by atoms with van der Waals surface area (Å²) in [6, 6.07) is 20.0. The summed E-state index contributed by atoms with van der Waals surface area (Å²) >= 11 is 0. The van der Waals surface area contributed by atoms with Crippen molar-refractivity contribution in [2.24, 2.45) is 0 Å². The minimum atomic E-state index is -3.91. The summed E-state index contributed by atoms with van der Waals surface area (Å²) in [6.45, 7) is 3.66. The van der Waals surface area contributed by atoms with Crippen LogP contribution in [0, 0.1) is 11.3 Å². The highest BCUT2D eigenvalue weighted by molar-refractivity contribution is 7.48. The normalized spacial score (nSPS) is 11.9. The van der Waals surface area contributed by atoms with Gasteiger partial charge in [0.1, 0.15) is 6.07 Å². The fourth-order valence-corrected chi connectivity index (χ4v) is 3.74. The van der Waals surface area contributed by atoms with Gasteiger partial charge in [-0.15, -0.1) is 0 Å². The zero-order valence-corrected chi connectivity index (χ0v) is 14.6. The number of nitriles is 1. The van der Waals surface area contributed by atoms with E-state index >= 15 is 0 Å². The van der Waals surface area contributed by atoms with Crippen LogP contribution in [0.1, 0.15) is 25.0 Å². The van der Waals surface area contributed by atoms with Crippen LogP contribution in [0.2, 0.25) is 0 Å². The van der Waals surface area contributed by atoms with Crippen LogP contribution in [0.4, 0.5) is 0 Å². The van der Waals surface area contributed by atoms with E-state index in [2.05, 4.69) is 6.07 Å². The molecule has 0 fully saturated rings. The predicted molar refractivity (Wildman–Crippen MR) is 91.2 cm³/mol. The van der Waals surface area contributed by atoms with Gasteiger partial charge in [0.05, 0.1) is 13.2 Å². The van der Waals surface area contributed by atoms with Crippen LogP contribution in [-0.4, -0.2) is 13.2 Å². The number of phosphoric ester groups is 1. The molecule has 0 spiro atoms. The van der Waals surface area contributed by atoms with Crippen LogP contribution in [0.5, 0.6) is 0 Å². The molecule has 0 aliphatic carbocycles. The van der Waals surface area contributed by atoms with E-state index in [9.17, 15) is 9.83 Å². The van der Waals surface area contributed by atoms with Crippen molar-refractivity contribution in [2.45, 2.75) is 19.4 Å². The van der Waals surface area contributed by atoms with Crippen molar-refractivity contribution < 1.29 is 18.1 Å². The zero-order valence-electron chi connectivity index (χ0n) is 13.7. The maximum atomic E-state index is 12.9. The molecule has 6 heteroatoms. The molecule has 0 amide bonds. The predicted octanol–water partition coefficient (Wildman–Crippen LogP) is 4.65. The summed E-state index contributed by atoms with van der Waals surface area (Å²) < 4.78 is 29.2. The van der Waals surface area contributed by atoms with Crippen molar-refractivity contribution in [1.82, 2.24) is 0 Å². The Morgan fingerprint density at radius 3 is 1.67 bits per heavy atom. The Bertz CT molecular complexity index is 678. The first-order valence-electron chi connectivity index (χ1n) is 7.72. The Labute approximate surface area is 142 Å². The highest BCUT2D eigenvalue weighted by Crippen LogP contribution is 2.56. The van der Waals surface area contributed by atoms with Gasteiger partial charge in [-0.2, -0.15) is 5.26 Å². The largest absolute Gasteiger partial charge is 0.476 e. The molecule has 0 aliphatic rings. The number of hydrogen-bond acceptors (Lipinski definition) is 5. The van der Waals surface area contributed by atoms with Crippen LogP contribution in [0.15, 0.2) is 60.7 Å². The molecule has 24 heavy (non-hydrogen) atoms. The first-order chi connectivity index (χ1) is 11.6. The number of nitrogens with zero attached hydrogens (tertiary/aromatic N) is 1. The van der Waals surface area contributed by atoms with Crippen LogP contribution in [0.25, 0.3) is 0 Å². The van der Waals surface area contributed by atoms with Crippen molar-refractivity contribution in [2.75, 3.05) is 13.2 Å². The van der Waals surface area contributed by atoms with E-state index in [1.807, 2.05) is 12.1 Å². The molecule has 0 atom stereocenters. The van der Waals surface area contributed by atoms with Gasteiger partial charge in [-0.1, -0.05) is 60.7 Å². The summed E-state index contributed by atoms with van der Waals surface area (Å²) in [4.78, 5) is 0. The minimum absolute atomic E-state index is 0.141. The van der Waals surface area contributed by atoms with E-state index in [-0.39, 0.29) is 13.2 Å². The minimum Gasteiger partial charge on any atom is -0.287 e. The molecule has 2 rings (SSSR count). The third-order valence-corrected chi connectivity index (χ3v) is 4.99. The van der Waals surface area contributed by atoms with Crippen molar-refractivity contribution in [3.63, 3.8) is 0 Å². The van der Waals surface area contributed by atoms with Crippen molar-refractivity contribution >= 4 is 7.82 Å². The fourth-order valence-electron chi connectivity index (χ4n) is 2.34. The van der Waals surface area contributed by atoms with E-state index < -0.39 is 13.4 Å². The monoisotopic (exact) mass is 345 g/mol. The second-order valence-corrected chi connectivity index (χ2v) is 6.49. The van der Waals surface area contributed by atoms with Crippen LogP contribution in [-0.2, 0) is 23.7 Å². The van der Waals surface area contributed by atoms with Crippen LogP contribution < -0.4 is 0 Å². The summed E-state index contributed by atoms with van der Waals surface area (Å²) in [5.41, 5.74) is -0.487. The molecule has 0 unspecified atom stereocenters. The number of benzene rings is 2. The van der Waals surface area contributed by atoms with Crippen LogP contribution in [0.3, 0.4) is 0 Å². The fraction of sp³-hybridized carbons (Fsp3) is 0.278. The molecule has 0 N–H and O–H groups in total. The topological polar surface area (TPSA) is 68.6 Å². The van der Waals surface area contributed by atoms with Gasteiger partial charge in [0.15, 0.2) is 0 Å². The molecule has 0 saturated carbocycles. The zero-order chi connectivity index (χ0) is 17.5. The molecule has 5 nitrogen and oxygen atoms in total. The Hall–Kier alpha value is -1.96. The SMILES string of the molecule is CCOP(=O)(OCC)OC(C#N)(c1ccccc1)c1ccccc1. The second kappa shape index (κ2) is 8.23. The molecule has 0 saturated heterocycles. The van der Waals surface area contributed by atoms with Crippen LogP contribution >= 0.6 is 7.82 Å². The van der Waals surface area contributed by atoms with Gasteiger partial charge in [0.25, 0.3) is 0 Å². The van der Waals surface area contributed by atoms with E-state index in [1.165, 1.54) is 0 Å². The summed E-state index contributed by atoms with van der Waals surface area (Å²) in [7, 11) is -3.91. The van der Waals surface area contributed by atoms with Gasteiger partial charge >= 0.3 is 7.82 Å². The van der Waals surface area contributed by atoms with Crippen molar-refractivity contribution in [1.29, 1.82) is 5.26 Å². The molecule has 2 aromatic carbocycles. The number of phosphoric acid groups is 1. The first-order valence-corrected chi connectivity index (χ1v) is 9.18. The molecule has 0 aromatic heterocycles. The quantitative estimate of drug-likeness (QED) is 0.651. The Kier molecular flexibility index (Phi) is 6.30. The maximum Gasteiger partial charge on any atom is 0.476 e. The van der Waals surface area contributed by atoms with Gasteiger partial charge in [-0.05, 0) is 13.8 Å². The molecule has 0 radical (unpaired) electrons. The maximum absolute atomic E-state index is 12.9. The lowest BCUT2D eigenvalue weighted by molar-refractivity contribution is 0.0667. The van der Waals surface area contributed by atoms with Crippen molar-refractivity contribution in [3.8, 4) is 6.07 Å². The molecule has 126 valence electrons. The second-order valence-electron chi connectivity index (χ2n) is 4.90. The van der Waals surface area contributed by atoms with E-state index in [1.54, 1.807) is 62.4 Å². The summed E-state index contributed by atoms with van der Waals surface area (Å²) in [5, 5.41) is 9.98. The van der Waals surface area contributed by atoms with Gasteiger partial charge in [-0.25, -0.2) is 4.57 Å². The lowest BCUT2D eigenvalue weighted by Gasteiger charge is -2.30. The number of hydrogen-bond donors (Lipinski definition) is 0. The number of rotatable bonds is 8.